The molecule has 0 bridgehead atoms. The Morgan fingerprint density at radius 1 is 1.15 bits per heavy atom. The van der Waals surface area contributed by atoms with E-state index in [1.807, 2.05) is 13.0 Å². The second-order valence-electron chi connectivity index (χ2n) is 4.48. The highest BCUT2D eigenvalue weighted by Gasteiger charge is 2.16. The zero-order chi connectivity index (χ0) is 14.9. The number of hydrogen-bond donors (Lipinski definition) is 1. The summed E-state index contributed by atoms with van der Waals surface area (Å²) in [6.45, 7) is 1.90. The van der Waals surface area contributed by atoms with E-state index in [0.29, 0.717) is 10.8 Å². The largest absolute Gasteiger partial charge is 0.454 e. The van der Waals surface area contributed by atoms with Crippen molar-refractivity contribution in [2.24, 2.45) is 0 Å². The molecule has 2 aromatic rings. The molecule has 0 spiro atoms. The summed E-state index contributed by atoms with van der Waals surface area (Å²) in [5, 5.41) is 0.430. The summed E-state index contributed by atoms with van der Waals surface area (Å²) < 4.78 is 28.9. The van der Waals surface area contributed by atoms with Gasteiger partial charge in [-0.25, -0.2) is 8.42 Å². The zero-order valence-electron chi connectivity index (χ0n) is 11.1. The Labute approximate surface area is 123 Å². The molecule has 2 aromatic carbocycles. The average molecular weight is 312 g/mol. The molecule has 0 unspecified atom stereocenters. The van der Waals surface area contributed by atoms with Crippen molar-refractivity contribution in [3.63, 3.8) is 0 Å². The van der Waals surface area contributed by atoms with Gasteiger partial charge < -0.3 is 10.5 Å². The Morgan fingerprint density at radius 3 is 2.50 bits per heavy atom. The summed E-state index contributed by atoms with van der Waals surface area (Å²) >= 11 is 6.04. The number of halogens is 1. The van der Waals surface area contributed by atoms with Gasteiger partial charge in [0.25, 0.3) is 0 Å². The average Bonchev–Trinajstić information content (AvgIpc) is 2.35. The zero-order valence-corrected chi connectivity index (χ0v) is 12.6. The molecule has 0 aliphatic rings. The Kier molecular flexibility index (Phi) is 3.92. The first kappa shape index (κ1) is 14.7. The van der Waals surface area contributed by atoms with Crippen LogP contribution in [0.3, 0.4) is 0 Å². The molecule has 0 radical (unpaired) electrons. The molecule has 106 valence electrons. The van der Waals surface area contributed by atoms with E-state index >= 15 is 0 Å². The summed E-state index contributed by atoms with van der Waals surface area (Å²) in [5.41, 5.74) is 6.91. The van der Waals surface area contributed by atoms with Crippen molar-refractivity contribution in [3.05, 3.63) is 47.0 Å². The summed E-state index contributed by atoms with van der Waals surface area (Å²) in [7, 11) is -3.40. The molecule has 0 aliphatic heterocycles. The topological polar surface area (TPSA) is 69.4 Å². The van der Waals surface area contributed by atoms with E-state index in [9.17, 15) is 8.42 Å². The van der Waals surface area contributed by atoms with E-state index in [-0.39, 0.29) is 16.3 Å². The van der Waals surface area contributed by atoms with Gasteiger partial charge in [-0.05, 0) is 36.8 Å². The van der Waals surface area contributed by atoms with Gasteiger partial charge in [-0.2, -0.15) is 0 Å². The van der Waals surface area contributed by atoms with E-state index in [1.165, 1.54) is 6.07 Å². The van der Waals surface area contributed by atoms with Crippen molar-refractivity contribution < 1.29 is 13.2 Å². The second-order valence-corrected chi connectivity index (χ2v) is 6.87. The number of hydrogen-bond acceptors (Lipinski definition) is 4. The van der Waals surface area contributed by atoms with E-state index in [2.05, 4.69) is 0 Å². The van der Waals surface area contributed by atoms with Crippen LogP contribution in [0.5, 0.6) is 11.5 Å². The van der Waals surface area contributed by atoms with Crippen LogP contribution in [0.1, 0.15) is 5.56 Å². The van der Waals surface area contributed by atoms with Crippen LogP contribution in [-0.2, 0) is 9.84 Å². The van der Waals surface area contributed by atoms with E-state index in [0.717, 1.165) is 11.8 Å². The molecule has 0 saturated carbocycles. The van der Waals surface area contributed by atoms with Gasteiger partial charge in [0.1, 0.15) is 5.75 Å². The fraction of sp³-hybridized carbons (Fsp3) is 0.143. The fourth-order valence-electron chi connectivity index (χ4n) is 1.74. The predicted octanol–water partition coefficient (Wildman–Crippen LogP) is 3.43. The van der Waals surface area contributed by atoms with Gasteiger partial charge in [-0.1, -0.05) is 23.7 Å². The van der Waals surface area contributed by atoms with Crippen LogP contribution in [0, 0.1) is 6.92 Å². The molecule has 0 atom stereocenters. The first-order valence-corrected chi connectivity index (χ1v) is 8.08. The summed E-state index contributed by atoms with van der Waals surface area (Å²) in [4.78, 5) is 0.0405. The van der Waals surface area contributed by atoms with E-state index in [4.69, 9.17) is 22.1 Å². The maximum absolute atomic E-state index is 11.6. The molecule has 0 fully saturated rings. The van der Waals surface area contributed by atoms with Crippen LogP contribution < -0.4 is 10.5 Å². The minimum atomic E-state index is -3.40. The Morgan fingerprint density at radius 2 is 1.85 bits per heavy atom. The monoisotopic (exact) mass is 311 g/mol. The van der Waals surface area contributed by atoms with Crippen molar-refractivity contribution >= 4 is 27.1 Å². The molecule has 2 N–H and O–H groups in total. The molecule has 20 heavy (non-hydrogen) atoms. The fourth-order valence-corrected chi connectivity index (χ4v) is 2.73. The third kappa shape index (κ3) is 3.05. The Bertz CT molecular complexity index is 757. The third-order valence-corrected chi connectivity index (χ3v) is 4.20. The molecule has 0 aliphatic carbocycles. The van der Waals surface area contributed by atoms with Crippen LogP contribution in [0.25, 0.3) is 0 Å². The molecule has 0 heterocycles. The number of nitrogens with two attached hydrogens (primary N) is 1. The normalized spacial score (nSPS) is 11.3. The lowest BCUT2D eigenvalue weighted by molar-refractivity contribution is 0.483. The lowest BCUT2D eigenvalue weighted by Crippen LogP contribution is -2.03. The first-order valence-electron chi connectivity index (χ1n) is 5.81. The number of anilines is 1. The minimum Gasteiger partial charge on any atom is -0.454 e. The highest BCUT2D eigenvalue weighted by molar-refractivity contribution is 7.90. The van der Waals surface area contributed by atoms with E-state index < -0.39 is 9.84 Å². The molecule has 2 rings (SSSR count). The van der Waals surface area contributed by atoms with Gasteiger partial charge in [0, 0.05) is 6.26 Å². The van der Waals surface area contributed by atoms with Gasteiger partial charge in [-0.15, -0.1) is 0 Å². The van der Waals surface area contributed by atoms with Crippen LogP contribution in [-0.4, -0.2) is 14.7 Å². The van der Waals surface area contributed by atoms with Crippen molar-refractivity contribution in [1.29, 1.82) is 0 Å². The maximum Gasteiger partial charge on any atom is 0.177 e. The van der Waals surface area contributed by atoms with Crippen molar-refractivity contribution in [3.8, 4) is 11.5 Å². The van der Waals surface area contributed by atoms with Gasteiger partial charge >= 0.3 is 0 Å². The summed E-state index contributed by atoms with van der Waals surface area (Å²) in [6, 6.07) is 9.94. The number of rotatable bonds is 3. The maximum atomic E-state index is 11.6. The number of aryl methyl sites for hydroxylation is 1. The lowest BCUT2D eigenvalue weighted by atomic mass is 10.2. The smallest absolute Gasteiger partial charge is 0.177 e. The van der Waals surface area contributed by atoms with Crippen LogP contribution in [0.15, 0.2) is 41.3 Å². The number of benzene rings is 2. The first-order chi connectivity index (χ1) is 9.29. The second kappa shape index (κ2) is 5.34. The molecule has 0 saturated heterocycles. The van der Waals surface area contributed by atoms with Gasteiger partial charge in [0.15, 0.2) is 15.6 Å². The quantitative estimate of drug-likeness (QED) is 0.882. The highest BCUT2D eigenvalue weighted by atomic mass is 35.5. The predicted molar refractivity (Wildman–Crippen MR) is 80.2 cm³/mol. The highest BCUT2D eigenvalue weighted by Crippen LogP contribution is 2.35. The van der Waals surface area contributed by atoms with Crippen molar-refractivity contribution in [1.82, 2.24) is 0 Å². The lowest BCUT2D eigenvalue weighted by Gasteiger charge is -2.12. The molecular weight excluding hydrogens is 298 g/mol. The third-order valence-electron chi connectivity index (χ3n) is 2.73. The van der Waals surface area contributed by atoms with Crippen LogP contribution in [0.4, 0.5) is 5.69 Å². The standard InChI is InChI=1S/C14H14ClNO3S/c1-9-6-7-10(15)12(8-9)19-11-4-3-5-13(14(11)16)20(2,17)18/h3-8H,16H2,1-2H3. The Balaban J connectivity index is 2.47. The van der Waals surface area contributed by atoms with Crippen LogP contribution >= 0.6 is 11.6 Å². The molecule has 0 amide bonds. The SMILES string of the molecule is Cc1ccc(Cl)c(Oc2cccc(S(C)(=O)=O)c2N)c1. The van der Waals surface area contributed by atoms with E-state index in [1.54, 1.807) is 24.3 Å². The van der Waals surface area contributed by atoms with Crippen molar-refractivity contribution in [2.45, 2.75) is 11.8 Å². The van der Waals surface area contributed by atoms with Gasteiger partial charge in [0.2, 0.25) is 0 Å². The number of nitrogen functional groups attached to an aromatic ring is 1. The Hall–Kier alpha value is -1.72. The number of para-hydroxylation sites is 1. The summed E-state index contributed by atoms with van der Waals surface area (Å²) in [5.74, 6) is 0.699. The number of sulfone groups is 1. The van der Waals surface area contributed by atoms with Gasteiger partial charge in [0.05, 0.1) is 15.6 Å². The molecule has 0 aromatic heterocycles. The van der Waals surface area contributed by atoms with Crippen LogP contribution in [0.2, 0.25) is 5.02 Å². The molecule has 6 heteroatoms. The molecular formula is C14H14ClNO3S. The van der Waals surface area contributed by atoms with Crippen molar-refractivity contribution in [2.75, 3.05) is 12.0 Å². The summed E-state index contributed by atoms with van der Waals surface area (Å²) in [6.07, 6.45) is 1.10. The van der Waals surface area contributed by atoms with Gasteiger partial charge in [-0.3, -0.25) is 0 Å². The number of ether oxygens (including phenoxy) is 1. The molecule has 4 nitrogen and oxygen atoms in total. The minimum absolute atomic E-state index is 0.0405.